The molecule has 1 amide bonds. The van der Waals surface area contributed by atoms with Gasteiger partial charge in [0, 0.05) is 12.1 Å². The van der Waals surface area contributed by atoms with Crippen LogP contribution >= 0.6 is 11.8 Å². The summed E-state index contributed by atoms with van der Waals surface area (Å²) in [6, 6.07) is 17.4. The molecule has 162 valence electrons. The molecule has 3 aromatic rings. The quantitative estimate of drug-likeness (QED) is 0.449. The lowest BCUT2D eigenvalue weighted by Crippen LogP contribution is -2.22. The number of benzene rings is 2. The van der Waals surface area contributed by atoms with E-state index < -0.39 is 0 Å². The van der Waals surface area contributed by atoms with Gasteiger partial charge in [-0.25, -0.2) is 4.98 Å². The summed E-state index contributed by atoms with van der Waals surface area (Å²) in [4.78, 5) is 17.1. The second kappa shape index (κ2) is 10.5. The standard InChI is InChI=1S/C24H28N4O2S/c1-17(31-24-26-22(27-28-24)15-18-7-5-6-8-18)23(29)25-20-11-13-21(14-12-20)30-16-19-9-3-2-4-10-19/h2-4,9-14,17-18H,5-8,15-16H2,1H3,(H,25,29)(H,26,27,28). The number of amides is 1. The summed E-state index contributed by atoms with van der Waals surface area (Å²) in [6.07, 6.45) is 6.14. The molecule has 31 heavy (non-hydrogen) atoms. The first-order chi connectivity index (χ1) is 15.2. The zero-order valence-electron chi connectivity index (χ0n) is 17.7. The van der Waals surface area contributed by atoms with Crippen molar-refractivity contribution in [2.75, 3.05) is 5.32 Å². The Hall–Kier alpha value is -2.80. The van der Waals surface area contributed by atoms with Gasteiger partial charge in [0.2, 0.25) is 11.1 Å². The topological polar surface area (TPSA) is 79.9 Å². The summed E-state index contributed by atoms with van der Waals surface area (Å²) in [5.41, 5.74) is 1.85. The molecule has 2 aromatic carbocycles. The highest BCUT2D eigenvalue weighted by Gasteiger charge is 2.20. The zero-order chi connectivity index (χ0) is 21.5. The van der Waals surface area contributed by atoms with Crippen molar-refractivity contribution in [2.45, 2.75) is 56.0 Å². The summed E-state index contributed by atoms with van der Waals surface area (Å²) in [5, 5.41) is 10.6. The second-order valence-electron chi connectivity index (χ2n) is 7.97. The van der Waals surface area contributed by atoms with Crippen LogP contribution in [0.4, 0.5) is 5.69 Å². The number of carbonyl (C=O) groups is 1. The van der Waals surface area contributed by atoms with E-state index in [1.807, 2.05) is 61.5 Å². The fourth-order valence-electron chi connectivity index (χ4n) is 3.74. The highest BCUT2D eigenvalue weighted by Crippen LogP contribution is 2.28. The number of ether oxygens (including phenoxy) is 1. The Morgan fingerprint density at radius 3 is 2.65 bits per heavy atom. The lowest BCUT2D eigenvalue weighted by Gasteiger charge is -2.11. The number of hydrogen-bond donors (Lipinski definition) is 2. The van der Waals surface area contributed by atoms with Crippen molar-refractivity contribution in [1.82, 2.24) is 15.2 Å². The van der Waals surface area contributed by atoms with E-state index in [2.05, 4.69) is 20.5 Å². The minimum atomic E-state index is -0.302. The third-order valence-corrected chi connectivity index (χ3v) is 6.45. The van der Waals surface area contributed by atoms with E-state index in [1.54, 1.807) is 0 Å². The molecular formula is C24H28N4O2S. The molecule has 2 N–H and O–H groups in total. The molecule has 0 aliphatic heterocycles. The first kappa shape index (κ1) is 21.4. The Labute approximate surface area is 187 Å². The highest BCUT2D eigenvalue weighted by atomic mass is 32.2. The van der Waals surface area contributed by atoms with Gasteiger partial charge < -0.3 is 10.1 Å². The van der Waals surface area contributed by atoms with Gasteiger partial charge in [-0.1, -0.05) is 67.8 Å². The van der Waals surface area contributed by atoms with Gasteiger partial charge in [0.1, 0.15) is 18.2 Å². The van der Waals surface area contributed by atoms with E-state index in [0.29, 0.717) is 17.7 Å². The van der Waals surface area contributed by atoms with Crippen LogP contribution in [0.15, 0.2) is 59.8 Å². The second-order valence-corrected chi connectivity index (χ2v) is 9.28. The maximum atomic E-state index is 12.6. The summed E-state index contributed by atoms with van der Waals surface area (Å²) < 4.78 is 5.79. The normalized spacial score (nSPS) is 15.0. The summed E-state index contributed by atoms with van der Waals surface area (Å²) in [5.74, 6) is 2.32. The van der Waals surface area contributed by atoms with Crippen molar-refractivity contribution in [2.24, 2.45) is 5.92 Å². The Morgan fingerprint density at radius 2 is 1.90 bits per heavy atom. The first-order valence-electron chi connectivity index (χ1n) is 10.8. The van der Waals surface area contributed by atoms with Crippen molar-refractivity contribution in [3.05, 3.63) is 66.0 Å². The SMILES string of the molecule is CC(Sc1n[nH]c(CC2CCCC2)n1)C(=O)Nc1ccc(OCc2ccccc2)cc1. The van der Waals surface area contributed by atoms with Crippen LogP contribution in [0.2, 0.25) is 0 Å². The molecule has 1 atom stereocenters. The van der Waals surface area contributed by atoms with Crippen LogP contribution < -0.4 is 10.1 Å². The van der Waals surface area contributed by atoms with Crippen LogP contribution in [0, 0.1) is 5.92 Å². The van der Waals surface area contributed by atoms with Crippen molar-refractivity contribution in [1.29, 1.82) is 0 Å². The average molecular weight is 437 g/mol. The van der Waals surface area contributed by atoms with Gasteiger partial charge in [0.05, 0.1) is 5.25 Å². The molecule has 1 fully saturated rings. The van der Waals surface area contributed by atoms with E-state index in [1.165, 1.54) is 37.4 Å². The molecule has 1 unspecified atom stereocenters. The van der Waals surface area contributed by atoms with Crippen molar-refractivity contribution < 1.29 is 9.53 Å². The molecule has 0 bridgehead atoms. The van der Waals surface area contributed by atoms with Crippen molar-refractivity contribution >= 4 is 23.4 Å². The molecule has 4 rings (SSSR count). The van der Waals surface area contributed by atoms with Crippen LogP contribution in [-0.4, -0.2) is 26.3 Å². The molecule has 0 spiro atoms. The molecule has 6 nitrogen and oxygen atoms in total. The van der Waals surface area contributed by atoms with Crippen molar-refractivity contribution in [3.8, 4) is 5.75 Å². The number of thioether (sulfide) groups is 1. The molecule has 0 saturated heterocycles. The monoisotopic (exact) mass is 436 g/mol. The third-order valence-electron chi connectivity index (χ3n) is 5.49. The van der Waals surface area contributed by atoms with Crippen LogP contribution in [0.25, 0.3) is 0 Å². The number of rotatable bonds is 9. The first-order valence-corrected chi connectivity index (χ1v) is 11.7. The average Bonchev–Trinajstić information content (AvgIpc) is 3.46. The van der Waals surface area contributed by atoms with Gasteiger partial charge in [-0.15, -0.1) is 5.10 Å². The van der Waals surface area contributed by atoms with Crippen LogP contribution in [-0.2, 0) is 17.8 Å². The van der Waals surface area contributed by atoms with Gasteiger partial charge in [-0.3, -0.25) is 9.89 Å². The van der Waals surface area contributed by atoms with E-state index in [-0.39, 0.29) is 11.2 Å². The smallest absolute Gasteiger partial charge is 0.237 e. The van der Waals surface area contributed by atoms with Gasteiger partial charge >= 0.3 is 0 Å². The molecule has 1 aromatic heterocycles. The number of hydrogen-bond acceptors (Lipinski definition) is 5. The maximum Gasteiger partial charge on any atom is 0.237 e. The number of aromatic nitrogens is 3. The fraction of sp³-hybridized carbons (Fsp3) is 0.375. The minimum absolute atomic E-state index is 0.0786. The lowest BCUT2D eigenvalue weighted by atomic mass is 10.0. The fourth-order valence-corrected chi connectivity index (χ4v) is 4.48. The number of anilines is 1. The van der Waals surface area contributed by atoms with Gasteiger partial charge in [-0.2, -0.15) is 0 Å². The molecule has 7 heteroatoms. The summed E-state index contributed by atoms with van der Waals surface area (Å²) in [6.45, 7) is 2.38. The zero-order valence-corrected chi connectivity index (χ0v) is 18.5. The maximum absolute atomic E-state index is 12.6. The summed E-state index contributed by atoms with van der Waals surface area (Å²) in [7, 11) is 0. The van der Waals surface area contributed by atoms with Gasteiger partial charge in [0.25, 0.3) is 0 Å². The number of H-pyrrole nitrogens is 1. The molecule has 0 radical (unpaired) electrons. The predicted octanol–water partition coefficient (Wildman–Crippen LogP) is 5.24. The molecule has 1 heterocycles. The van der Waals surface area contributed by atoms with E-state index in [4.69, 9.17) is 4.74 Å². The Morgan fingerprint density at radius 1 is 1.16 bits per heavy atom. The van der Waals surface area contributed by atoms with Crippen LogP contribution in [0.1, 0.15) is 44.0 Å². The Bertz CT molecular complexity index is 969. The Balaban J connectivity index is 1.24. The number of nitrogens with zero attached hydrogens (tertiary/aromatic N) is 2. The number of nitrogens with one attached hydrogen (secondary N) is 2. The van der Waals surface area contributed by atoms with Gasteiger partial charge in [0.15, 0.2) is 0 Å². The molecule has 1 aliphatic rings. The molecule has 1 saturated carbocycles. The van der Waals surface area contributed by atoms with Crippen LogP contribution in [0.5, 0.6) is 5.75 Å². The number of aromatic amines is 1. The van der Waals surface area contributed by atoms with E-state index in [9.17, 15) is 4.79 Å². The van der Waals surface area contributed by atoms with E-state index in [0.717, 1.165) is 29.2 Å². The van der Waals surface area contributed by atoms with Crippen LogP contribution in [0.3, 0.4) is 0 Å². The summed E-state index contributed by atoms with van der Waals surface area (Å²) >= 11 is 1.37. The van der Waals surface area contributed by atoms with E-state index >= 15 is 0 Å². The largest absolute Gasteiger partial charge is 0.489 e. The van der Waals surface area contributed by atoms with Crippen molar-refractivity contribution in [3.63, 3.8) is 0 Å². The third kappa shape index (κ3) is 6.34. The highest BCUT2D eigenvalue weighted by molar-refractivity contribution is 8.00. The predicted molar refractivity (Wildman–Crippen MR) is 123 cm³/mol. The molecule has 1 aliphatic carbocycles. The van der Waals surface area contributed by atoms with Gasteiger partial charge in [-0.05, 0) is 42.7 Å². The molecular weight excluding hydrogens is 408 g/mol. The number of carbonyl (C=O) groups excluding carboxylic acids is 1. The lowest BCUT2D eigenvalue weighted by molar-refractivity contribution is -0.115. The Kier molecular flexibility index (Phi) is 7.25. The minimum Gasteiger partial charge on any atom is -0.489 e.